The van der Waals surface area contributed by atoms with E-state index in [9.17, 15) is 18.3 Å². The maximum atomic E-state index is 12.2. The highest BCUT2D eigenvalue weighted by molar-refractivity contribution is 7.20. The summed E-state index contributed by atoms with van der Waals surface area (Å²) >= 11 is 1.20. The number of benzene rings is 2. The molecule has 2 heterocycles. The van der Waals surface area contributed by atoms with E-state index >= 15 is 0 Å². The van der Waals surface area contributed by atoms with Gasteiger partial charge < -0.3 is 9.64 Å². The number of hydrogen-bond donors (Lipinski definition) is 0. The van der Waals surface area contributed by atoms with Crippen LogP contribution in [0.4, 0.5) is 18.9 Å². The third kappa shape index (κ3) is 5.81. The van der Waals surface area contributed by atoms with Crippen LogP contribution in [-0.2, 0) is 11.5 Å². The van der Waals surface area contributed by atoms with E-state index in [4.69, 9.17) is 0 Å². The third-order valence-electron chi connectivity index (χ3n) is 5.82. The molecular formula is C23H24F3N2O2S. The Bertz CT molecular complexity index is 996. The molecule has 1 saturated heterocycles. The van der Waals surface area contributed by atoms with Crippen molar-refractivity contribution in [3.63, 3.8) is 0 Å². The molecule has 0 N–H and O–H groups in total. The summed E-state index contributed by atoms with van der Waals surface area (Å²) in [5.74, 6) is 0.506. The van der Waals surface area contributed by atoms with E-state index in [2.05, 4.69) is 14.6 Å². The predicted octanol–water partition coefficient (Wildman–Crippen LogP) is 6.97. The van der Waals surface area contributed by atoms with E-state index < -0.39 is 6.36 Å². The first kappa shape index (κ1) is 21.7. The van der Waals surface area contributed by atoms with E-state index in [-0.39, 0.29) is 10.9 Å². The van der Waals surface area contributed by atoms with Crippen LogP contribution in [-0.4, -0.2) is 24.4 Å². The fourth-order valence-corrected chi connectivity index (χ4v) is 4.97. The molecule has 0 unspecified atom stereocenters. The first-order valence-corrected chi connectivity index (χ1v) is 11.4. The normalized spacial score (nSPS) is 15.5. The second kappa shape index (κ2) is 9.34. The molecule has 1 radical (unpaired) electrons. The molecule has 0 amide bonds. The van der Waals surface area contributed by atoms with Crippen LogP contribution in [0, 0.1) is 5.92 Å². The van der Waals surface area contributed by atoms with Gasteiger partial charge in [-0.15, -0.1) is 13.2 Å². The number of aryl methyl sites for hydroxylation is 1. The third-order valence-corrected chi connectivity index (χ3v) is 6.63. The number of rotatable bonds is 7. The van der Waals surface area contributed by atoms with Gasteiger partial charge in [-0.3, -0.25) is 5.11 Å². The van der Waals surface area contributed by atoms with Crippen molar-refractivity contribution in [2.45, 2.75) is 44.9 Å². The second-order valence-electron chi connectivity index (χ2n) is 7.97. The molecule has 0 spiro atoms. The summed E-state index contributed by atoms with van der Waals surface area (Å²) in [5.41, 5.74) is 2.91. The van der Waals surface area contributed by atoms with Gasteiger partial charge in [0, 0.05) is 13.1 Å². The van der Waals surface area contributed by atoms with Crippen LogP contribution >= 0.6 is 11.3 Å². The minimum Gasteiger partial charge on any atom is -0.406 e. The number of fused-ring (bicyclic) bond motifs is 1. The van der Waals surface area contributed by atoms with Crippen LogP contribution in [0.1, 0.15) is 37.7 Å². The van der Waals surface area contributed by atoms with Crippen LogP contribution in [0.2, 0.25) is 0 Å². The lowest BCUT2D eigenvalue weighted by Gasteiger charge is -2.33. The molecule has 1 aromatic heterocycles. The molecule has 165 valence electrons. The zero-order valence-corrected chi connectivity index (χ0v) is 17.8. The average Bonchev–Trinajstić information content (AvgIpc) is 3.12. The van der Waals surface area contributed by atoms with Crippen molar-refractivity contribution >= 4 is 27.2 Å². The second-order valence-corrected chi connectivity index (χ2v) is 8.96. The molecule has 1 aliphatic heterocycles. The van der Waals surface area contributed by atoms with Crippen LogP contribution in [0.15, 0.2) is 42.5 Å². The molecule has 31 heavy (non-hydrogen) atoms. The average molecular weight is 450 g/mol. The maximum absolute atomic E-state index is 12.2. The van der Waals surface area contributed by atoms with E-state index in [1.165, 1.54) is 23.5 Å². The van der Waals surface area contributed by atoms with Crippen molar-refractivity contribution < 1.29 is 23.0 Å². The van der Waals surface area contributed by atoms with Crippen molar-refractivity contribution in [3.8, 4) is 10.9 Å². The summed E-state index contributed by atoms with van der Waals surface area (Å²) in [6, 6.07) is 12.1. The SMILES string of the molecule is [O]c1nc2c(N3CCC(CCCCc4ccc(OC(F)(F)F)cc4)CC3)cccc2s1. The van der Waals surface area contributed by atoms with E-state index in [0.717, 1.165) is 73.1 Å². The zero-order chi connectivity index (χ0) is 21.8. The van der Waals surface area contributed by atoms with Crippen molar-refractivity contribution in [2.24, 2.45) is 5.92 Å². The molecule has 1 fully saturated rings. The minimum absolute atomic E-state index is 0.139. The lowest BCUT2D eigenvalue weighted by atomic mass is 9.90. The van der Waals surface area contributed by atoms with Gasteiger partial charge in [-0.1, -0.05) is 42.4 Å². The van der Waals surface area contributed by atoms with Gasteiger partial charge in [-0.25, -0.2) is 0 Å². The summed E-state index contributed by atoms with van der Waals surface area (Å²) in [6.45, 7) is 1.94. The van der Waals surface area contributed by atoms with Crippen molar-refractivity contribution in [1.82, 2.24) is 4.98 Å². The Labute approximate surface area is 183 Å². The predicted molar refractivity (Wildman–Crippen MR) is 115 cm³/mol. The molecule has 0 saturated carbocycles. The van der Waals surface area contributed by atoms with Gasteiger partial charge in [-0.2, -0.15) is 4.98 Å². The Morgan fingerprint density at radius 1 is 1.06 bits per heavy atom. The minimum atomic E-state index is -4.65. The van der Waals surface area contributed by atoms with Gasteiger partial charge in [-0.05, 0) is 61.4 Å². The number of piperidine rings is 1. The summed E-state index contributed by atoms with van der Waals surface area (Å²) in [4.78, 5) is 6.51. The lowest BCUT2D eigenvalue weighted by molar-refractivity contribution is -0.274. The van der Waals surface area contributed by atoms with Gasteiger partial charge in [0.15, 0.2) is 0 Å². The summed E-state index contributed by atoms with van der Waals surface area (Å²) in [6.07, 6.45) is 1.73. The molecule has 2 aromatic carbocycles. The first-order chi connectivity index (χ1) is 14.9. The summed E-state index contributed by atoms with van der Waals surface area (Å²) in [7, 11) is 0. The molecule has 0 bridgehead atoms. The van der Waals surface area contributed by atoms with Crippen LogP contribution in [0.3, 0.4) is 0 Å². The number of para-hydroxylation sites is 1. The topological polar surface area (TPSA) is 45.3 Å². The number of ether oxygens (including phenoxy) is 1. The summed E-state index contributed by atoms with van der Waals surface area (Å²) in [5, 5.41) is 11.5. The van der Waals surface area contributed by atoms with E-state index in [1.807, 2.05) is 18.2 Å². The van der Waals surface area contributed by atoms with Gasteiger partial charge >= 0.3 is 11.6 Å². The van der Waals surface area contributed by atoms with E-state index in [0.29, 0.717) is 5.92 Å². The molecule has 0 aliphatic carbocycles. The number of halogens is 3. The first-order valence-electron chi connectivity index (χ1n) is 10.5. The molecule has 4 rings (SSSR count). The number of aromatic nitrogens is 1. The highest BCUT2D eigenvalue weighted by Gasteiger charge is 2.31. The Morgan fingerprint density at radius 3 is 2.52 bits per heavy atom. The smallest absolute Gasteiger partial charge is 0.406 e. The standard InChI is InChI=1S/C23H24F3N2O2S/c24-23(25,26)30-18-10-8-16(9-11-18)4-1-2-5-17-12-14-28(15-13-17)19-6-3-7-20-21(19)27-22(29)31-20/h3,6-11,17H,1-2,4-5,12-15H2. The Morgan fingerprint density at radius 2 is 1.81 bits per heavy atom. The summed E-state index contributed by atoms with van der Waals surface area (Å²) < 4.78 is 41.5. The van der Waals surface area contributed by atoms with Gasteiger partial charge in [0.05, 0.1) is 10.4 Å². The molecule has 1 aliphatic rings. The zero-order valence-electron chi connectivity index (χ0n) is 17.0. The quantitative estimate of drug-likeness (QED) is 0.366. The molecule has 3 aromatic rings. The highest BCUT2D eigenvalue weighted by Crippen LogP contribution is 2.36. The van der Waals surface area contributed by atoms with Crippen LogP contribution < -0.4 is 9.64 Å². The van der Waals surface area contributed by atoms with Crippen molar-refractivity contribution in [2.75, 3.05) is 18.0 Å². The molecular weight excluding hydrogens is 425 g/mol. The number of unbranched alkanes of at least 4 members (excludes halogenated alkanes) is 1. The fraction of sp³-hybridized carbons (Fsp3) is 0.435. The van der Waals surface area contributed by atoms with Gasteiger partial charge in [0.2, 0.25) is 0 Å². The number of thiazole rings is 1. The Kier molecular flexibility index (Phi) is 6.55. The Balaban J connectivity index is 1.19. The maximum Gasteiger partial charge on any atom is 0.573 e. The number of hydrogen-bond acceptors (Lipinski definition) is 4. The lowest BCUT2D eigenvalue weighted by Crippen LogP contribution is -2.33. The van der Waals surface area contributed by atoms with Gasteiger partial charge in [0.25, 0.3) is 0 Å². The number of alkyl halides is 3. The monoisotopic (exact) mass is 449 g/mol. The van der Waals surface area contributed by atoms with Crippen molar-refractivity contribution in [1.29, 1.82) is 0 Å². The largest absolute Gasteiger partial charge is 0.573 e. The highest BCUT2D eigenvalue weighted by atomic mass is 32.1. The van der Waals surface area contributed by atoms with Crippen LogP contribution in [0.5, 0.6) is 10.9 Å². The number of nitrogens with zero attached hydrogens (tertiary/aromatic N) is 2. The Hall–Kier alpha value is -2.48. The van der Waals surface area contributed by atoms with E-state index in [1.54, 1.807) is 12.1 Å². The van der Waals surface area contributed by atoms with Gasteiger partial charge in [0.1, 0.15) is 11.3 Å². The van der Waals surface area contributed by atoms with Crippen LogP contribution in [0.25, 0.3) is 10.2 Å². The molecule has 4 nitrogen and oxygen atoms in total. The number of anilines is 1. The van der Waals surface area contributed by atoms with Crippen molar-refractivity contribution in [3.05, 3.63) is 48.0 Å². The fourth-order valence-electron chi connectivity index (χ4n) is 4.25. The molecule has 0 atom stereocenters. The molecule has 8 heteroatoms.